The molecule has 1 nitrogen and oxygen atoms in total. The van der Waals surface area contributed by atoms with Crippen LogP contribution in [-0.4, -0.2) is 36.3 Å². The average molecular weight is 256 g/mol. The van der Waals surface area contributed by atoms with E-state index in [9.17, 15) is 0 Å². The Morgan fingerprint density at radius 2 is 1.62 bits per heavy atom. The molecule has 0 aliphatic rings. The van der Waals surface area contributed by atoms with Gasteiger partial charge in [-0.2, -0.15) is 0 Å². The van der Waals surface area contributed by atoms with E-state index in [1.54, 1.807) is 0 Å². The summed E-state index contributed by atoms with van der Waals surface area (Å²) in [6.07, 6.45) is 0. The Labute approximate surface area is 107 Å². The standard InChI is InChI=1S/C13H15Cl2N/c14-8-11-16(12-9-15)10-4-7-13-5-2-1-3-6-13/h1-3,5-6H,8-12H2. The highest BCUT2D eigenvalue weighted by Crippen LogP contribution is 1.95. The summed E-state index contributed by atoms with van der Waals surface area (Å²) in [6.45, 7) is 2.38. The van der Waals surface area contributed by atoms with Crippen LogP contribution in [0.1, 0.15) is 5.56 Å². The van der Waals surface area contributed by atoms with Gasteiger partial charge < -0.3 is 0 Å². The van der Waals surface area contributed by atoms with Crippen molar-refractivity contribution >= 4 is 23.2 Å². The summed E-state index contributed by atoms with van der Waals surface area (Å²) in [5, 5.41) is 0. The number of hydrogen-bond acceptors (Lipinski definition) is 1. The number of alkyl halides is 2. The Bertz CT molecular complexity index is 334. The van der Waals surface area contributed by atoms with Gasteiger partial charge >= 0.3 is 0 Å². The van der Waals surface area contributed by atoms with Crippen LogP contribution in [0.15, 0.2) is 30.3 Å². The summed E-state index contributed by atoms with van der Waals surface area (Å²) in [7, 11) is 0. The molecular formula is C13H15Cl2N. The first-order valence-electron chi connectivity index (χ1n) is 5.25. The Morgan fingerprint density at radius 1 is 1.00 bits per heavy atom. The van der Waals surface area contributed by atoms with Crippen molar-refractivity contribution in [3.8, 4) is 11.8 Å². The molecule has 0 saturated carbocycles. The molecule has 0 amide bonds. The van der Waals surface area contributed by atoms with Gasteiger partial charge in [-0.15, -0.1) is 23.2 Å². The van der Waals surface area contributed by atoms with Gasteiger partial charge in [-0.25, -0.2) is 0 Å². The molecule has 0 aliphatic carbocycles. The van der Waals surface area contributed by atoms with Gasteiger partial charge in [0.05, 0.1) is 6.54 Å². The molecule has 16 heavy (non-hydrogen) atoms. The molecule has 0 bridgehead atoms. The van der Waals surface area contributed by atoms with Gasteiger partial charge in [0, 0.05) is 30.4 Å². The van der Waals surface area contributed by atoms with E-state index in [-0.39, 0.29) is 0 Å². The zero-order chi connectivity index (χ0) is 11.6. The van der Waals surface area contributed by atoms with Crippen LogP contribution < -0.4 is 0 Å². The molecule has 0 unspecified atom stereocenters. The number of rotatable bonds is 5. The van der Waals surface area contributed by atoms with Crippen LogP contribution in [-0.2, 0) is 0 Å². The first-order chi connectivity index (χ1) is 7.86. The van der Waals surface area contributed by atoms with Crippen LogP contribution in [0.25, 0.3) is 0 Å². The number of hydrogen-bond donors (Lipinski definition) is 0. The Kier molecular flexibility index (Phi) is 7.09. The Balaban J connectivity index is 2.45. The monoisotopic (exact) mass is 255 g/mol. The Hall–Kier alpha value is -0.680. The summed E-state index contributed by atoms with van der Waals surface area (Å²) in [6, 6.07) is 9.96. The molecule has 86 valence electrons. The number of benzene rings is 1. The lowest BCUT2D eigenvalue weighted by molar-refractivity contribution is 0.346. The fourth-order valence-corrected chi connectivity index (χ4v) is 1.76. The van der Waals surface area contributed by atoms with E-state index >= 15 is 0 Å². The molecule has 1 aromatic carbocycles. The van der Waals surface area contributed by atoms with Gasteiger partial charge in [-0.3, -0.25) is 4.90 Å². The summed E-state index contributed by atoms with van der Waals surface area (Å²) >= 11 is 11.4. The molecule has 3 heteroatoms. The SMILES string of the molecule is ClCCN(CC#Cc1ccccc1)CCCl. The van der Waals surface area contributed by atoms with Gasteiger partial charge in [0.1, 0.15) is 0 Å². The fraction of sp³-hybridized carbons (Fsp3) is 0.385. The highest BCUT2D eigenvalue weighted by Gasteiger charge is 1.99. The van der Waals surface area contributed by atoms with Gasteiger partial charge in [-0.05, 0) is 12.1 Å². The van der Waals surface area contributed by atoms with E-state index < -0.39 is 0 Å². The van der Waals surface area contributed by atoms with Gasteiger partial charge in [-0.1, -0.05) is 30.0 Å². The quantitative estimate of drug-likeness (QED) is 0.578. The third-order valence-corrected chi connectivity index (χ3v) is 2.45. The van der Waals surface area contributed by atoms with Crippen molar-refractivity contribution in [3.63, 3.8) is 0 Å². The topological polar surface area (TPSA) is 3.24 Å². The van der Waals surface area contributed by atoms with Crippen LogP contribution in [0.4, 0.5) is 0 Å². The average Bonchev–Trinajstić information content (AvgIpc) is 2.31. The molecule has 0 aliphatic heterocycles. The molecule has 0 N–H and O–H groups in total. The van der Waals surface area contributed by atoms with E-state index in [0.29, 0.717) is 18.3 Å². The van der Waals surface area contributed by atoms with Crippen molar-refractivity contribution in [2.24, 2.45) is 0 Å². The van der Waals surface area contributed by atoms with Gasteiger partial charge in [0.2, 0.25) is 0 Å². The van der Waals surface area contributed by atoms with Crippen LogP contribution >= 0.6 is 23.2 Å². The molecule has 1 rings (SSSR count). The van der Waals surface area contributed by atoms with Crippen molar-refractivity contribution in [1.29, 1.82) is 0 Å². The summed E-state index contributed by atoms with van der Waals surface area (Å²) in [4.78, 5) is 2.15. The fourth-order valence-electron chi connectivity index (χ4n) is 1.28. The predicted octanol–water partition coefficient (Wildman–Crippen LogP) is 2.82. The zero-order valence-corrected chi connectivity index (χ0v) is 10.6. The van der Waals surface area contributed by atoms with E-state index in [4.69, 9.17) is 23.2 Å². The third-order valence-electron chi connectivity index (χ3n) is 2.11. The number of halogens is 2. The lowest BCUT2D eigenvalue weighted by atomic mass is 10.2. The zero-order valence-electron chi connectivity index (χ0n) is 9.13. The Morgan fingerprint density at radius 3 is 2.19 bits per heavy atom. The molecule has 0 atom stereocenters. The van der Waals surface area contributed by atoms with Crippen LogP contribution in [0, 0.1) is 11.8 Å². The maximum atomic E-state index is 5.69. The second kappa shape index (κ2) is 8.47. The first kappa shape index (κ1) is 13.4. The van der Waals surface area contributed by atoms with Crippen LogP contribution in [0.5, 0.6) is 0 Å². The lowest BCUT2D eigenvalue weighted by Crippen LogP contribution is -2.28. The molecule has 0 fully saturated rings. The van der Waals surface area contributed by atoms with Crippen molar-refractivity contribution in [2.45, 2.75) is 0 Å². The van der Waals surface area contributed by atoms with E-state index in [0.717, 1.165) is 18.7 Å². The highest BCUT2D eigenvalue weighted by molar-refractivity contribution is 6.18. The number of nitrogens with zero attached hydrogens (tertiary/aromatic N) is 1. The van der Waals surface area contributed by atoms with Crippen molar-refractivity contribution < 1.29 is 0 Å². The molecule has 0 saturated heterocycles. The highest BCUT2D eigenvalue weighted by atomic mass is 35.5. The second-order valence-corrected chi connectivity index (χ2v) is 4.08. The van der Waals surface area contributed by atoms with Crippen molar-refractivity contribution in [3.05, 3.63) is 35.9 Å². The minimum absolute atomic E-state index is 0.615. The normalized spacial score (nSPS) is 9.94. The molecule has 1 aromatic rings. The van der Waals surface area contributed by atoms with E-state index in [1.165, 1.54) is 0 Å². The minimum Gasteiger partial charge on any atom is -0.290 e. The maximum Gasteiger partial charge on any atom is 0.0606 e. The van der Waals surface area contributed by atoms with E-state index in [1.807, 2.05) is 30.3 Å². The summed E-state index contributed by atoms with van der Waals surface area (Å²) in [5.41, 5.74) is 1.04. The molecular weight excluding hydrogens is 241 g/mol. The third kappa shape index (κ3) is 5.42. The predicted molar refractivity (Wildman–Crippen MR) is 71.2 cm³/mol. The summed E-state index contributed by atoms with van der Waals surface area (Å²) in [5.74, 6) is 7.47. The van der Waals surface area contributed by atoms with E-state index in [2.05, 4.69) is 16.7 Å². The smallest absolute Gasteiger partial charge is 0.0606 e. The largest absolute Gasteiger partial charge is 0.290 e. The lowest BCUT2D eigenvalue weighted by Gasteiger charge is -2.15. The van der Waals surface area contributed by atoms with Gasteiger partial charge in [0.15, 0.2) is 0 Å². The minimum atomic E-state index is 0.615. The first-order valence-corrected chi connectivity index (χ1v) is 6.32. The molecule has 0 spiro atoms. The van der Waals surface area contributed by atoms with Gasteiger partial charge in [0.25, 0.3) is 0 Å². The van der Waals surface area contributed by atoms with Crippen LogP contribution in [0.3, 0.4) is 0 Å². The van der Waals surface area contributed by atoms with Crippen molar-refractivity contribution in [1.82, 2.24) is 4.90 Å². The summed E-state index contributed by atoms with van der Waals surface area (Å²) < 4.78 is 0. The second-order valence-electron chi connectivity index (χ2n) is 3.32. The van der Waals surface area contributed by atoms with Crippen molar-refractivity contribution in [2.75, 3.05) is 31.4 Å². The molecule has 0 heterocycles. The molecule has 0 radical (unpaired) electrons. The van der Waals surface area contributed by atoms with Crippen LogP contribution in [0.2, 0.25) is 0 Å². The maximum absolute atomic E-state index is 5.69. The molecule has 0 aromatic heterocycles.